The first-order valence-corrected chi connectivity index (χ1v) is 14.9. The van der Waals surface area contributed by atoms with Gasteiger partial charge in [0.25, 0.3) is 5.91 Å². The van der Waals surface area contributed by atoms with Crippen LogP contribution in [0.2, 0.25) is 5.02 Å². The Kier molecular flexibility index (Phi) is 11.9. The number of halogens is 1. The Morgan fingerprint density at radius 2 is 1.34 bits per heavy atom. The van der Waals surface area contributed by atoms with Crippen LogP contribution in [0.1, 0.15) is 39.5 Å². The number of hydrogen-bond donors (Lipinski definition) is 4. The number of ether oxygens (including phenoxy) is 1. The van der Waals surface area contributed by atoms with Gasteiger partial charge in [0.1, 0.15) is 17.8 Å². The third kappa shape index (κ3) is 9.69. The van der Waals surface area contributed by atoms with Crippen molar-refractivity contribution in [1.29, 1.82) is 0 Å². The Hall–Kier alpha value is -4.66. The van der Waals surface area contributed by atoms with Gasteiger partial charge in [-0.1, -0.05) is 84.4 Å². The van der Waals surface area contributed by atoms with Gasteiger partial charge in [-0.3, -0.25) is 14.4 Å². The first-order chi connectivity index (χ1) is 21.3. The molecule has 4 rings (SSSR count). The van der Waals surface area contributed by atoms with Gasteiger partial charge in [0.2, 0.25) is 11.8 Å². The molecule has 0 saturated carbocycles. The molecule has 228 valence electrons. The molecule has 0 heterocycles. The Labute approximate surface area is 263 Å². The molecule has 44 heavy (non-hydrogen) atoms. The van der Waals surface area contributed by atoms with Crippen LogP contribution in [0.4, 0.5) is 0 Å². The van der Waals surface area contributed by atoms with E-state index in [1.165, 1.54) is 6.07 Å². The maximum absolute atomic E-state index is 13.8. The van der Waals surface area contributed by atoms with Crippen LogP contribution in [0.25, 0.3) is 0 Å². The fraction of sp³-hybridized carbons (Fsp3) is 0.229. The quantitative estimate of drug-likeness (QED) is 0.166. The Balaban J connectivity index is 1.54. The summed E-state index contributed by atoms with van der Waals surface area (Å²) in [6.45, 7) is 3.15. The summed E-state index contributed by atoms with van der Waals surface area (Å²) in [6, 6.07) is 29.1. The van der Waals surface area contributed by atoms with Crippen molar-refractivity contribution >= 4 is 29.3 Å². The number of carbonyl (C=O) groups excluding carboxylic acids is 3. The molecule has 8 nitrogen and oxygen atoms in total. The minimum absolute atomic E-state index is 0.192. The average Bonchev–Trinajstić information content (AvgIpc) is 3.04. The highest BCUT2D eigenvalue weighted by molar-refractivity contribution is 6.31. The summed E-state index contributed by atoms with van der Waals surface area (Å²) in [7, 11) is 0. The fourth-order valence-corrected chi connectivity index (χ4v) is 4.83. The van der Waals surface area contributed by atoms with E-state index in [2.05, 4.69) is 16.0 Å². The van der Waals surface area contributed by atoms with Crippen LogP contribution in [0.15, 0.2) is 103 Å². The fourth-order valence-electron chi connectivity index (χ4n) is 4.64. The molecule has 0 fully saturated rings. The van der Waals surface area contributed by atoms with Crippen LogP contribution in [0.5, 0.6) is 5.75 Å². The van der Waals surface area contributed by atoms with Crippen molar-refractivity contribution < 1.29 is 19.1 Å². The Bertz CT molecular complexity index is 1530. The highest BCUT2D eigenvalue weighted by Crippen LogP contribution is 2.15. The molecule has 0 radical (unpaired) electrons. The van der Waals surface area contributed by atoms with Crippen molar-refractivity contribution in [2.45, 2.75) is 44.9 Å². The molecule has 0 aliphatic heterocycles. The second-order valence-corrected chi connectivity index (χ2v) is 10.7. The summed E-state index contributed by atoms with van der Waals surface area (Å²) in [4.78, 5) is 40.5. The predicted molar refractivity (Wildman–Crippen MR) is 172 cm³/mol. The number of hydrogen-bond acceptors (Lipinski definition) is 5. The first kappa shape index (κ1) is 32.3. The SMILES string of the molecule is CCOc1ccc(CC(NC(=O)c2cccc(Cl)c2)C(=O)NC(Cc2ccccc2)C(=O)NCc2ccc(CN)cc2)cc1. The Morgan fingerprint density at radius 1 is 0.727 bits per heavy atom. The monoisotopic (exact) mass is 612 g/mol. The molecule has 2 unspecified atom stereocenters. The second-order valence-electron chi connectivity index (χ2n) is 10.3. The van der Waals surface area contributed by atoms with E-state index in [9.17, 15) is 14.4 Å². The van der Waals surface area contributed by atoms with Crippen molar-refractivity contribution in [3.05, 3.63) is 136 Å². The van der Waals surface area contributed by atoms with Crippen molar-refractivity contribution in [3.8, 4) is 5.75 Å². The smallest absolute Gasteiger partial charge is 0.251 e. The van der Waals surface area contributed by atoms with Gasteiger partial charge in [-0.2, -0.15) is 0 Å². The van der Waals surface area contributed by atoms with E-state index in [0.29, 0.717) is 29.5 Å². The second kappa shape index (κ2) is 16.3. The molecular formula is C35H37ClN4O4. The number of rotatable bonds is 14. The van der Waals surface area contributed by atoms with E-state index >= 15 is 0 Å². The third-order valence-electron chi connectivity index (χ3n) is 7.02. The minimum Gasteiger partial charge on any atom is -0.494 e. The molecule has 4 aromatic rings. The molecule has 0 aliphatic carbocycles. The lowest BCUT2D eigenvalue weighted by Gasteiger charge is -2.24. The van der Waals surface area contributed by atoms with Crippen molar-refractivity contribution in [2.24, 2.45) is 5.73 Å². The van der Waals surface area contributed by atoms with Crippen molar-refractivity contribution in [3.63, 3.8) is 0 Å². The molecule has 0 spiro atoms. The van der Waals surface area contributed by atoms with Crippen molar-refractivity contribution in [1.82, 2.24) is 16.0 Å². The molecule has 5 N–H and O–H groups in total. The van der Waals surface area contributed by atoms with E-state index in [0.717, 1.165) is 22.3 Å². The molecule has 4 aromatic carbocycles. The number of nitrogens with one attached hydrogen (secondary N) is 3. The highest BCUT2D eigenvalue weighted by Gasteiger charge is 2.28. The van der Waals surface area contributed by atoms with Gasteiger partial charge < -0.3 is 26.4 Å². The summed E-state index contributed by atoms with van der Waals surface area (Å²) in [5.41, 5.74) is 9.61. The summed E-state index contributed by atoms with van der Waals surface area (Å²) in [6.07, 6.45) is 0.459. The van der Waals surface area contributed by atoms with Crippen LogP contribution >= 0.6 is 11.6 Å². The number of benzene rings is 4. The van der Waals surface area contributed by atoms with Crippen LogP contribution in [0.3, 0.4) is 0 Å². The zero-order chi connectivity index (χ0) is 31.3. The molecule has 3 amide bonds. The highest BCUT2D eigenvalue weighted by atomic mass is 35.5. The minimum atomic E-state index is -0.977. The van der Waals surface area contributed by atoms with Gasteiger partial charge in [0, 0.05) is 36.5 Å². The van der Waals surface area contributed by atoms with E-state index < -0.39 is 23.9 Å². The van der Waals surface area contributed by atoms with Gasteiger partial charge in [-0.15, -0.1) is 0 Å². The van der Waals surface area contributed by atoms with Crippen LogP contribution in [-0.2, 0) is 35.5 Å². The molecular weight excluding hydrogens is 576 g/mol. The Morgan fingerprint density at radius 3 is 1.98 bits per heavy atom. The van der Waals surface area contributed by atoms with Crippen LogP contribution < -0.4 is 26.4 Å². The van der Waals surface area contributed by atoms with Crippen LogP contribution in [0, 0.1) is 0 Å². The zero-order valence-corrected chi connectivity index (χ0v) is 25.3. The summed E-state index contributed by atoms with van der Waals surface area (Å²) in [5, 5.41) is 9.10. The lowest BCUT2D eigenvalue weighted by atomic mass is 10.0. The summed E-state index contributed by atoms with van der Waals surface area (Å²) in [5.74, 6) is -0.579. The van der Waals surface area contributed by atoms with Gasteiger partial charge >= 0.3 is 0 Å². The lowest BCUT2D eigenvalue weighted by molar-refractivity contribution is -0.130. The van der Waals surface area contributed by atoms with E-state index in [-0.39, 0.29) is 25.3 Å². The maximum atomic E-state index is 13.8. The average molecular weight is 613 g/mol. The first-order valence-electron chi connectivity index (χ1n) is 14.5. The maximum Gasteiger partial charge on any atom is 0.251 e. The van der Waals surface area contributed by atoms with E-state index in [1.54, 1.807) is 18.2 Å². The predicted octanol–water partition coefficient (Wildman–Crippen LogP) is 4.58. The normalized spacial score (nSPS) is 12.1. The van der Waals surface area contributed by atoms with Gasteiger partial charge in [-0.25, -0.2) is 0 Å². The van der Waals surface area contributed by atoms with E-state index in [1.807, 2.05) is 85.8 Å². The molecule has 2 atom stereocenters. The number of amides is 3. The molecule has 9 heteroatoms. The standard InChI is InChI=1S/C35H37ClN4O4/c1-2-44-30-17-15-25(16-18-30)20-32(39-33(41)28-9-6-10-29(36)21-28)35(43)40-31(19-24-7-4-3-5-8-24)34(42)38-23-27-13-11-26(22-37)12-14-27/h3-18,21,31-32H,2,19-20,22-23,37H2,1H3,(H,38,42)(H,39,41)(H,40,43). The topological polar surface area (TPSA) is 123 Å². The largest absolute Gasteiger partial charge is 0.494 e. The summed E-state index contributed by atoms with van der Waals surface area (Å²) < 4.78 is 5.54. The van der Waals surface area contributed by atoms with Gasteiger partial charge in [-0.05, 0) is 59.5 Å². The molecule has 0 aliphatic rings. The molecule has 0 aromatic heterocycles. The lowest BCUT2D eigenvalue weighted by Crippen LogP contribution is -2.55. The summed E-state index contributed by atoms with van der Waals surface area (Å²) >= 11 is 6.11. The third-order valence-corrected chi connectivity index (χ3v) is 7.26. The molecule has 0 bridgehead atoms. The zero-order valence-electron chi connectivity index (χ0n) is 24.6. The number of carbonyl (C=O) groups is 3. The molecule has 0 saturated heterocycles. The number of nitrogens with two attached hydrogens (primary N) is 1. The van der Waals surface area contributed by atoms with Gasteiger partial charge in [0.15, 0.2) is 0 Å². The van der Waals surface area contributed by atoms with Crippen molar-refractivity contribution in [2.75, 3.05) is 6.61 Å². The van der Waals surface area contributed by atoms with Crippen LogP contribution in [-0.4, -0.2) is 36.4 Å². The van der Waals surface area contributed by atoms with Gasteiger partial charge in [0.05, 0.1) is 6.61 Å². The van der Waals surface area contributed by atoms with E-state index in [4.69, 9.17) is 22.1 Å².